The average molecular weight is 310 g/mol. The van der Waals surface area contributed by atoms with E-state index in [0.717, 1.165) is 11.3 Å². The molecule has 1 aromatic rings. The summed E-state index contributed by atoms with van der Waals surface area (Å²) in [7, 11) is 1.07. The number of benzene rings is 1. The third-order valence-electron chi connectivity index (χ3n) is 3.98. The molecule has 0 saturated carbocycles. The number of hydrogen-bond donors (Lipinski definition) is 0. The van der Waals surface area contributed by atoms with Gasteiger partial charge in [-0.25, -0.2) is 0 Å². The maximum atomic E-state index is 11.3. The number of carbonyl (C=O) groups is 1. The van der Waals surface area contributed by atoms with Gasteiger partial charge in [-0.15, -0.1) is 0 Å². The van der Waals surface area contributed by atoms with Crippen molar-refractivity contribution in [3.63, 3.8) is 0 Å². The van der Waals surface area contributed by atoms with Gasteiger partial charge in [0.25, 0.3) is 8.32 Å². The lowest BCUT2D eigenvalue weighted by Crippen LogP contribution is -2.43. The van der Waals surface area contributed by atoms with E-state index < -0.39 is 8.32 Å². The molecule has 0 unspecified atom stereocenters. The van der Waals surface area contributed by atoms with Crippen molar-refractivity contribution in [1.29, 1.82) is 0 Å². The Kier molecular flexibility index (Phi) is 5.45. The van der Waals surface area contributed by atoms with Gasteiger partial charge in [-0.1, -0.05) is 26.8 Å². The van der Waals surface area contributed by atoms with Crippen molar-refractivity contribution in [2.24, 2.45) is 0 Å². The molecule has 0 saturated heterocycles. The summed E-state index contributed by atoms with van der Waals surface area (Å²) in [6.07, 6.45) is 0.229. The maximum absolute atomic E-state index is 11.3. The molecule has 5 heteroatoms. The van der Waals surface area contributed by atoms with Gasteiger partial charge < -0.3 is 13.9 Å². The molecule has 0 aliphatic carbocycles. The number of methoxy groups -OCH3 is 2. The van der Waals surface area contributed by atoms with E-state index in [2.05, 4.69) is 38.6 Å². The predicted octanol–water partition coefficient (Wildman–Crippen LogP) is 3.79. The monoisotopic (exact) mass is 310 g/mol. The minimum absolute atomic E-state index is 0.114. The summed E-state index contributed by atoms with van der Waals surface area (Å²) >= 11 is 0. The number of carbonyl (C=O) groups excluding carboxylic acids is 1. The van der Waals surface area contributed by atoms with Crippen molar-refractivity contribution in [2.75, 3.05) is 14.2 Å². The first-order valence-electron chi connectivity index (χ1n) is 7.03. The van der Waals surface area contributed by atoms with E-state index in [-0.39, 0.29) is 17.4 Å². The molecule has 0 aromatic heterocycles. The highest BCUT2D eigenvalue weighted by Crippen LogP contribution is 2.40. The van der Waals surface area contributed by atoms with Gasteiger partial charge >= 0.3 is 5.97 Å². The van der Waals surface area contributed by atoms with E-state index >= 15 is 0 Å². The fraction of sp³-hybridized carbons (Fsp3) is 0.562. The molecule has 21 heavy (non-hydrogen) atoms. The normalized spacial score (nSPS) is 12.0. The van der Waals surface area contributed by atoms with Crippen molar-refractivity contribution >= 4 is 14.3 Å². The second kappa shape index (κ2) is 6.51. The minimum atomic E-state index is -1.92. The molecule has 0 radical (unpaired) electrons. The Balaban J connectivity index is 3.02. The fourth-order valence-corrected chi connectivity index (χ4v) is 2.60. The number of esters is 1. The highest BCUT2D eigenvalue weighted by molar-refractivity contribution is 6.74. The zero-order valence-corrected chi connectivity index (χ0v) is 15.1. The van der Waals surface area contributed by atoms with Crippen molar-refractivity contribution in [2.45, 2.75) is 45.3 Å². The van der Waals surface area contributed by atoms with Gasteiger partial charge in [0, 0.05) is 0 Å². The zero-order valence-electron chi connectivity index (χ0n) is 14.1. The molecule has 0 bridgehead atoms. The molecule has 4 nitrogen and oxygen atoms in total. The third kappa shape index (κ3) is 4.49. The van der Waals surface area contributed by atoms with Gasteiger partial charge in [-0.3, -0.25) is 4.79 Å². The highest BCUT2D eigenvalue weighted by Gasteiger charge is 2.39. The Hall–Kier alpha value is -1.49. The van der Waals surface area contributed by atoms with Crippen LogP contribution in [0.15, 0.2) is 18.2 Å². The lowest BCUT2D eigenvalue weighted by molar-refractivity contribution is -0.139. The average Bonchev–Trinajstić information content (AvgIpc) is 2.38. The molecular formula is C16H26O4Si. The zero-order chi connectivity index (χ0) is 16.3. The second-order valence-electron chi connectivity index (χ2n) is 6.60. The topological polar surface area (TPSA) is 44.8 Å². The molecule has 1 aromatic carbocycles. The molecule has 1 rings (SSSR count). The van der Waals surface area contributed by atoms with E-state index in [0.29, 0.717) is 5.75 Å². The van der Waals surface area contributed by atoms with E-state index in [9.17, 15) is 4.79 Å². The minimum Gasteiger partial charge on any atom is -0.541 e. The number of hydrogen-bond acceptors (Lipinski definition) is 4. The Morgan fingerprint density at radius 2 is 1.76 bits per heavy atom. The van der Waals surface area contributed by atoms with E-state index in [4.69, 9.17) is 9.16 Å². The molecule has 0 aliphatic heterocycles. The van der Waals surface area contributed by atoms with Crippen LogP contribution in [0.2, 0.25) is 18.1 Å². The molecule has 0 atom stereocenters. The van der Waals surface area contributed by atoms with E-state index in [1.165, 1.54) is 7.11 Å². The third-order valence-corrected chi connectivity index (χ3v) is 8.32. The summed E-state index contributed by atoms with van der Waals surface area (Å²) in [6.45, 7) is 11.0. The smallest absolute Gasteiger partial charge is 0.309 e. The van der Waals surface area contributed by atoms with Crippen LogP contribution in [0.25, 0.3) is 0 Å². The quantitative estimate of drug-likeness (QED) is 0.613. The van der Waals surface area contributed by atoms with Crippen LogP contribution in [-0.2, 0) is 16.0 Å². The van der Waals surface area contributed by atoms with Gasteiger partial charge in [-0.2, -0.15) is 0 Å². The molecule has 0 amide bonds. The van der Waals surface area contributed by atoms with Gasteiger partial charge in [0.2, 0.25) is 0 Å². The summed E-state index contributed by atoms with van der Waals surface area (Å²) in [5.74, 6) is 1.12. The van der Waals surface area contributed by atoms with Crippen LogP contribution < -0.4 is 9.16 Å². The molecule has 0 fully saturated rings. The van der Waals surface area contributed by atoms with Crippen LogP contribution in [0, 0.1) is 0 Å². The Morgan fingerprint density at radius 1 is 1.14 bits per heavy atom. The molecule has 0 N–H and O–H groups in total. The second-order valence-corrected chi connectivity index (χ2v) is 11.3. The molecular weight excluding hydrogens is 284 g/mol. The molecule has 118 valence electrons. The molecule has 0 heterocycles. The van der Waals surface area contributed by atoms with Gasteiger partial charge in [-0.05, 0) is 35.8 Å². The lowest BCUT2D eigenvalue weighted by atomic mass is 10.1. The molecule has 0 spiro atoms. The van der Waals surface area contributed by atoms with Crippen molar-refractivity contribution in [3.8, 4) is 11.5 Å². The van der Waals surface area contributed by atoms with Crippen LogP contribution in [0.1, 0.15) is 26.3 Å². The van der Waals surface area contributed by atoms with Crippen molar-refractivity contribution in [1.82, 2.24) is 0 Å². The fourth-order valence-electron chi connectivity index (χ4n) is 1.57. The maximum Gasteiger partial charge on any atom is 0.309 e. The Bertz CT molecular complexity index is 503. The summed E-state index contributed by atoms with van der Waals surface area (Å²) < 4.78 is 16.4. The van der Waals surface area contributed by atoms with Crippen molar-refractivity contribution < 1.29 is 18.7 Å². The summed E-state index contributed by atoms with van der Waals surface area (Å²) in [5, 5.41) is 0.114. The Labute approximate surface area is 128 Å². The predicted molar refractivity (Wildman–Crippen MR) is 86.5 cm³/mol. The van der Waals surface area contributed by atoms with E-state index in [1.54, 1.807) is 7.11 Å². The Morgan fingerprint density at radius 3 is 2.24 bits per heavy atom. The highest BCUT2D eigenvalue weighted by atomic mass is 28.4. The first-order chi connectivity index (χ1) is 9.60. The van der Waals surface area contributed by atoms with Crippen LogP contribution in [0.3, 0.4) is 0 Å². The van der Waals surface area contributed by atoms with Crippen LogP contribution in [-0.4, -0.2) is 28.5 Å². The van der Waals surface area contributed by atoms with Crippen LogP contribution >= 0.6 is 0 Å². The molecule has 0 aliphatic rings. The lowest BCUT2D eigenvalue weighted by Gasteiger charge is -2.36. The first kappa shape index (κ1) is 17.6. The van der Waals surface area contributed by atoms with Gasteiger partial charge in [0.1, 0.15) is 5.75 Å². The van der Waals surface area contributed by atoms with Gasteiger partial charge in [0.15, 0.2) is 5.75 Å². The first-order valence-corrected chi connectivity index (χ1v) is 9.94. The SMILES string of the molecule is COC(=O)Cc1ccc(O[Si](C)(C)C(C)(C)C)c(OC)c1. The van der Waals surface area contributed by atoms with E-state index in [1.807, 2.05) is 18.2 Å². The standard InChI is InChI=1S/C16H26O4Si/c1-16(2,3)21(6,7)20-13-9-8-12(10-14(13)18-4)11-15(17)19-5/h8-10H,11H2,1-7H3. The summed E-state index contributed by atoms with van der Waals surface area (Å²) in [5.41, 5.74) is 0.848. The van der Waals surface area contributed by atoms with Gasteiger partial charge in [0.05, 0.1) is 20.6 Å². The van der Waals surface area contributed by atoms with Crippen LogP contribution in [0.4, 0.5) is 0 Å². The number of ether oxygens (including phenoxy) is 2. The van der Waals surface area contributed by atoms with Crippen LogP contribution in [0.5, 0.6) is 11.5 Å². The number of rotatable bonds is 5. The largest absolute Gasteiger partial charge is 0.541 e. The summed E-state index contributed by atoms with van der Waals surface area (Å²) in [4.78, 5) is 11.3. The summed E-state index contributed by atoms with van der Waals surface area (Å²) in [6, 6.07) is 5.58. The van der Waals surface area contributed by atoms with Crippen molar-refractivity contribution in [3.05, 3.63) is 23.8 Å².